The van der Waals surface area contributed by atoms with Crippen LogP contribution in [0.1, 0.15) is 33.6 Å². The molecule has 1 aliphatic heterocycles. The van der Waals surface area contributed by atoms with Crippen molar-refractivity contribution in [3.05, 3.63) is 46.6 Å². The second-order valence-electron chi connectivity index (χ2n) is 5.90. The van der Waals surface area contributed by atoms with Crippen LogP contribution in [0.15, 0.2) is 30.5 Å². The van der Waals surface area contributed by atoms with Gasteiger partial charge in [0.1, 0.15) is 17.5 Å². The molecule has 1 aromatic carbocycles. The van der Waals surface area contributed by atoms with Crippen LogP contribution < -0.4 is 5.73 Å². The Balaban J connectivity index is 1.75. The van der Waals surface area contributed by atoms with Crippen molar-refractivity contribution in [1.29, 1.82) is 5.26 Å². The highest BCUT2D eigenvalue weighted by Crippen LogP contribution is 2.22. The number of hydrogen-bond acceptors (Lipinski definition) is 5. The van der Waals surface area contributed by atoms with Crippen molar-refractivity contribution in [3.63, 3.8) is 0 Å². The van der Waals surface area contributed by atoms with Crippen LogP contribution in [0, 0.1) is 17.2 Å². The molecule has 1 fully saturated rings. The van der Waals surface area contributed by atoms with E-state index in [0.717, 1.165) is 4.68 Å². The number of carbonyl (C=O) groups is 2. The monoisotopic (exact) mass is 357 g/mol. The van der Waals surface area contributed by atoms with Gasteiger partial charge in [-0.2, -0.15) is 15.0 Å². The van der Waals surface area contributed by atoms with Crippen LogP contribution in [0.4, 0.5) is 5.82 Å². The zero-order valence-corrected chi connectivity index (χ0v) is 14.1. The summed E-state index contributed by atoms with van der Waals surface area (Å²) >= 11 is 5.85. The predicted molar refractivity (Wildman–Crippen MR) is 92.1 cm³/mol. The first-order chi connectivity index (χ1) is 12.0. The summed E-state index contributed by atoms with van der Waals surface area (Å²) in [4.78, 5) is 26.9. The van der Waals surface area contributed by atoms with E-state index >= 15 is 0 Å². The van der Waals surface area contributed by atoms with Crippen molar-refractivity contribution in [1.82, 2.24) is 14.7 Å². The Kier molecular flexibility index (Phi) is 4.72. The third-order valence-electron chi connectivity index (χ3n) is 4.28. The van der Waals surface area contributed by atoms with E-state index in [4.69, 9.17) is 22.6 Å². The van der Waals surface area contributed by atoms with Crippen LogP contribution in [-0.4, -0.2) is 39.6 Å². The third kappa shape index (κ3) is 3.35. The van der Waals surface area contributed by atoms with Crippen LogP contribution in [0.3, 0.4) is 0 Å². The molecule has 1 amide bonds. The van der Waals surface area contributed by atoms with Gasteiger partial charge in [-0.05, 0) is 37.1 Å². The maximum absolute atomic E-state index is 12.7. The van der Waals surface area contributed by atoms with Crippen LogP contribution in [0.25, 0.3) is 0 Å². The molecule has 0 aliphatic carbocycles. The first-order valence-corrected chi connectivity index (χ1v) is 8.21. The van der Waals surface area contributed by atoms with E-state index in [2.05, 4.69) is 5.10 Å². The summed E-state index contributed by atoms with van der Waals surface area (Å²) in [6.07, 6.45) is 2.62. The largest absolute Gasteiger partial charge is 0.382 e. The predicted octanol–water partition coefficient (Wildman–Crippen LogP) is 2.18. The zero-order chi connectivity index (χ0) is 18.0. The number of anilines is 1. The number of rotatable bonds is 2. The van der Waals surface area contributed by atoms with E-state index in [9.17, 15) is 9.59 Å². The Morgan fingerprint density at radius 2 is 2.04 bits per heavy atom. The number of amides is 1. The van der Waals surface area contributed by atoms with Gasteiger partial charge in [0.25, 0.3) is 11.8 Å². The number of nitriles is 1. The molecule has 25 heavy (non-hydrogen) atoms. The lowest BCUT2D eigenvalue weighted by Gasteiger charge is -2.32. The van der Waals surface area contributed by atoms with Gasteiger partial charge in [-0.25, -0.2) is 0 Å². The molecule has 3 rings (SSSR count). The first-order valence-electron chi connectivity index (χ1n) is 7.84. The van der Waals surface area contributed by atoms with E-state index in [-0.39, 0.29) is 23.2 Å². The van der Waals surface area contributed by atoms with Gasteiger partial charge in [0.15, 0.2) is 0 Å². The molecule has 0 saturated carbocycles. The summed E-state index contributed by atoms with van der Waals surface area (Å²) in [5.74, 6) is -0.805. The van der Waals surface area contributed by atoms with Crippen molar-refractivity contribution in [2.75, 3.05) is 18.8 Å². The number of aromatic nitrogens is 2. The highest BCUT2D eigenvalue weighted by atomic mass is 35.5. The fourth-order valence-corrected chi connectivity index (χ4v) is 3.06. The maximum atomic E-state index is 12.7. The second-order valence-corrected chi connectivity index (χ2v) is 6.34. The minimum atomic E-state index is -0.404. The minimum Gasteiger partial charge on any atom is -0.382 e. The van der Waals surface area contributed by atoms with Gasteiger partial charge in [-0.1, -0.05) is 11.6 Å². The van der Waals surface area contributed by atoms with Gasteiger partial charge in [0, 0.05) is 23.7 Å². The van der Waals surface area contributed by atoms with Gasteiger partial charge >= 0.3 is 0 Å². The minimum absolute atomic E-state index is 0.0358. The van der Waals surface area contributed by atoms with E-state index in [0.29, 0.717) is 36.5 Å². The highest BCUT2D eigenvalue weighted by Gasteiger charge is 2.31. The van der Waals surface area contributed by atoms with Crippen LogP contribution in [-0.2, 0) is 0 Å². The number of nitrogen functional groups attached to an aromatic ring is 1. The maximum Gasteiger partial charge on any atom is 0.253 e. The van der Waals surface area contributed by atoms with E-state index < -0.39 is 5.92 Å². The standard InChI is InChI=1S/C17H16ClN5O2/c18-14-5-3-11(4-6-14)16(24)22-7-1-2-12(10-22)17(25)23-15(20)13(8-19)9-21-23/h3-6,9,12H,1-2,7,10,20H2. The van der Waals surface area contributed by atoms with Crippen molar-refractivity contribution in [2.24, 2.45) is 5.92 Å². The summed E-state index contributed by atoms with van der Waals surface area (Å²) in [5, 5.41) is 13.4. The summed E-state index contributed by atoms with van der Waals surface area (Å²) in [5.41, 5.74) is 6.48. The molecule has 1 aliphatic rings. The second kappa shape index (κ2) is 6.95. The molecule has 1 unspecified atom stereocenters. The molecule has 0 radical (unpaired) electrons. The molecule has 1 atom stereocenters. The molecule has 2 N–H and O–H groups in total. The van der Waals surface area contributed by atoms with Crippen LogP contribution in [0.5, 0.6) is 0 Å². The number of benzene rings is 1. The smallest absolute Gasteiger partial charge is 0.253 e. The van der Waals surface area contributed by atoms with Gasteiger partial charge in [-0.15, -0.1) is 0 Å². The molecule has 1 aromatic heterocycles. The summed E-state index contributed by atoms with van der Waals surface area (Å²) in [7, 11) is 0. The number of nitrogens with two attached hydrogens (primary N) is 1. The topological polar surface area (TPSA) is 105 Å². The summed E-state index contributed by atoms with van der Waals surface area (Å²) in [6.45, 7) is 0.880. The molecule has 1 saturated heterocycles. The van der Waals surface area contributed by atoms with Gasteiger partial charge in [-0.3, -0.25) is 9.59 Å². The molecule has 7 nitrogen and oxygen atoms in total. The van der Waals surface area contributed by atoms with Crippen molar-refractivity contribution in [3.8, 4) is 6.07 Å². The van der Waals surface area contributed by atoms with E-state index in [1.54, 1.807) is 29.2 Å². The Labute approximate surface area is 149 Å². The van der Waals surface area contributed by atoms with Gasteiger partial charge in [0.05, 0.1) is 12.1 Å². The number of piperidine rings is 1. The zero-order valence-electron chi connectivity index (χ0n) is 13.4. The molecule has 0 bridgehead atoms. The third-order valence-corrected chi connectivity index (χ3v) is 4.54. The van der Waals surface area contributed by atoms with Crippen LogP contribution >= 0.6 is 11.6 Å². The van der Waals surface area contributed by atoms with Crippen molar-refractivity contribution in [2.45, 2.75) is 12.8 Å². The Morgan fingerprint density at radius 1 is 1.32 bits per heavy atom. The normalized spacial score (nSPS) is 17.1. The lowest BCUT2D eigenvalue weighted by atomic mass is 9.96. The molecule has 2 aromatic rings. The quantitative estimate of drug-likeness (QED) is 0.886. The molecule has 128 valence electrons. The fourth-order valence-electron chi connectivity index (χ4n) is 2.93. The Hall–Kier alpha value is -2.85. The number of hydrogen-bond donors (Lipinski definition) is 1. The summed E-state index contributed by atoms with van der Waals surface area (Å²) in [6, 6.07) is 8.55. The van der Waals surface area contributed by atoms with E-state index in [1.165, 1.54) is 6.20 Å². The Morgan fingerprint density at radius 3 is 2.68 bits per heavy atom. The molecular weight excluding hydrogens is 342 g/mol. The first kappa shape index (κ1) is 17.0. The molecule has 2 heterocycles. The Bertz CT molecular complexity index is 853. The number of likely N-dealkylation sites (tertiary alicyclic amines) is 1. The lowest BCUT2D eigenvalue weighted by molar-refractivity contribution is 0.0600. The van der Waals surface area contributed by atoms with Gasteiger partial charge in [0.2, 0.25) is 0 Å². The summed E-state index contributed by atoms with van der Waals surface area (Å²) < 4.78 is 1.06. The fraction of sp³-hybridized carbons (Fsp3) is 0.294. The van der Waals surface area contributed by atoms with Crippen LogP contribution in [0.2, 0.25) is 5.02 Å². The molecule has 8 heteroatoms. The lowest BCUT2D eigenvalue weighted by Crippen LogP contribution is -2.43. The van der Waals surface area contributed by atoms with Gasteiger partial charge < -0.3 is 10.6 Å². The van der Waals surface area contributed by atoms with Crippen molar-refractivity contribution >= 4 is 29.2 Å². The van der Waals surface area contributed by atoms with Crippen molar-refractivity contribution < 1.29 is 9.59 Å². The number of nitrogens with zero attached hydrogens (tertiary/aromatic N) is 4. The SMILES string of the molecule is N#Cc1cnn(C(=O)C2CCCN(C(=O)c3ccc(Cl)cc3)C2)c1N. The highest BCUT2D eigenvalue weighted by molar-refractivity contribution is 6.30. The average Bonchev–Trinajstić information content (AvgIpc) is 3.02. The van der Waals surface area contributed by atoms with E-state index in [1.807, 2.05) is 6.07 Å². The average molecular weight is 358 g/mol. The number of halogens is 1. The number of carbonyl (C=O) groups excluding carboxylic acids is 2. The molecule has 0 spiro atoms. The molecular formula is C17H16ClN5O2.